The van der Waals surface area contributed by atoms with Crippen LogP contribution in [0.25, 0.3) is 0 Å². The summed E-state index contributed by atoms with van der Waals surface area (Å²) in [6, 6.07) is -1.21. The Balaban J connectivity index is 2.07. The highest BCUT2D eigenvalue weighted by Gasteiger charge is 2.56. The third kappa shape index (κ3) is 9.14. The predicted octanol–water partition coefficient (Wildman–Crippen LogP) is 2.94. The average molecular weight is 666 g/mol. The van der Waals surface area contributed by atoms with Gasteiger partial charge < -0.3 is 34.1 Å². The summed E-state index contributed by atoms with van der Waals surface area (Å²) in [5.41, 5.74) is 0.950. The second-order valence-electron chi connectivity index (χ2n) is 14.0. The number of carbonyl (C=O) groups excluding carboxylic acids is 5. The van der Waals surface area contributed by atoms with E-state index in [-0.39, 0.29) is 49.8 Å². The maximum absolute atomic E-state index is 14.0. The van der Waals surface area contributed by atoms with Gasteiger partial charge in [0.15, 0.2) is 11.9 Å². The largest absolute Gasteiger partial charge is 0.452 e. The first-order valence-corrected chi connectivity index (χ1v) is 16.9. The van der Waals surface area contributed by atoms with Crippen molar-refractivity contribution in [2.24, 2.45) is 23.7 Å². The molecule has 0 saturated carbocycles. The summed E-state index contributed by atoms with van der Waals surface area (Å²) < 4.78 is 23.4. The number of nitrogens with zero attached hydrogens (tertiary/aromatic N) is 1. The summed E-state index contributed by atoms with van der Waals surface area (Å²) >= 11 is 0. The average Bonchev–Trinajstić information content (AvgIpc) is 3.04. The number of allylic oxidation sites excluding steroid dienone is 2. The van der Waals surface area contributed by atoms with E-state index in [4.69, 9.17) is 18.9 Å². The predicted molar refractivity (Wildman–Crippen MR) is 171 cm³/mol. The number of rotatable bonds is 4. The van der Waals surface area contributed by atoms with Gasteiger partial charge in [-0.3, -0.25) is 19.2 Å². The van der Waals surface area contributed by atoms with Gasteiger partial charge in [0.25, 0.3) is 11.7 Å². The van der Waals surface area contributed by atoms with Gasteiger partial charge in [-0.05, 0) is 57.8 Å². The highest BCUT2D eigenvalue weighted by Crippen LogP contribution is 2.39. The zero-order chi connectivity index (χ0) is 35.2. The van der Waals surface area contributed by atoms with E-state index in [2.05, 4.69) is 0 Å². The number of aliphatic hydroxyl groups excluding tert-OH is 1. The molecule has 2 saturated heterocycles. The molecule has 12 heteroatoms. The molecule has 2 fully saturated rings. The molecule has 266 valence electrons. The van der Waals surface area contributed by atoms with E-state index in [1.807, 2.05) is 26.8 Å². The second-order valence-corrected chi connectivity index (χ2v) is 14.0. The van der Waals surface area contributed by atoms with E-state index >= 15 is 0 Å². The number of piperidine rings is 1. The SMILES string of the molecule is CCC1CCN2C(=O)C(=O)C3(O)OC(C(OC)CC(C)CC(C)=CCC(=O)CC(O)C(C)C(C(C)=O)OC(=O)C2C1)C(OC)CC3C. The minimum atomic E-state index is -2.51. The molecule has 3 rings (SSSR count). The fourth-order valence-electron chi connectivity index (χ4n) is 7.26. The zero-order valence-corrected chi connectivity index (χ0v) is 29.2. The minimum Gasteiger partial charge on any atom is -0.452 e. The Morgan fingerprint density at radius 1 is 1.04 bits per heavy atom. The van der Waals surface area contributed by atoms with Gasteiger partial charge in [-0.15, -0.1) is 0 Å². The van der Waals surface area contributed by atoms with E-state index < -0.39 is 77.6 Å². The Morgan fingerprint density at radius 2 is 1.68 bits per heavy atom. The highest BCUT2D eigenvalue weighted by molar-refractivity contribution is 6.39. The quantitative estimate of drug-likeness (QED) is 0.258. The summed E-state index contributed by atoms with van der Waals surface area (Å²) in [7, 11) is 3.02. The third-order valence-corrected chi connectivity index (χ3v) is 10.4. The molecule has 0 radical (unpaired) electrons. The minimum absolute atomic E-state index is 0.0389. The smallest absolute Gasteiger partial charge is 0.329 e. The molecule has 2 N–H and O–H groups in total. The number of fused-ring (bicyclic) bond motifs is 3. The normalized spacial score (nSPS) is 38.9. The van der Waals surface area contributed by atoms with E-state index in [0.29, 0.717) is 25.7 Å². The van der Waals surface area contributed by atoms with Crippen LogP contribution in [0.3, 0.4) is 0 Å². The molecule has 0 aromatic heterocycles. The number of ether oxygens (including phenoxy) is 4. The number of esters is 1. The van der Waals surface area contributed by atoms with Crippen LogP contribution in [0.4, 0.5) is 0 Å². The summed E-state index contributed by atoms with van der Waals surface area (Å²) in [5, 5.41) is 22.8. The van der Waals surface area contributed by atoms with E-state index in [9.17, 15) is 34.2 Å². The maximum Gasteiger partial charge on any atom is 0.329 e. The molecule has 11 atom stereocenters. The number of cyclic esters (lactones) is 1. The molecule has 3 aliphatic heterocycles. The summed E-state index contributed by atoms with van der Waals surface area (Å²) in [6.07, 6.45) is -0.312. The van der Waals surface area contributed by atoms with Crippen molar-refractivity contribution in [3.05, 3.63) is 11.6 Å². The molecule has 47 heavy (non-hydrogen) atoms. The Labute approximate surface area is 278 Å². The van der Waals surface area contributed by atoms with Crippen LogP contribution in [0.15, 0.2) is 11.6 Å². The third-order valence-electron chi connectivity index (χ3n) is 10.4. The van der Waals surface area contributed by atoms with Crippen LogP contribution in [-0.2, 0) is 42.9 Å². The van der Waals surface area contributed by atoms with Gasteiger partial charge in [-0.1, -0.05) is 45.8 Å². The molecule has 0 aromatic rings. The van der Waals surface area contributed by atoms with Crippen molar-refractivity contribution in [1.29, 1.82) is 0 Å². The molecular formula is C35H55NO11. The number of Topliss-reactive ketones (excluding diaryl/α,β-unsaturated/α-hetero) is 3. The molecule has 11 unspecified atom stereocenters. The van der Waals surface area contributed by atoms with Crippen molar-refractivity contribution in [3.63, 3.8) is 0 Å². The molecule has 12 nitrogen and oxygen atoms in total. The monoisotopic (exact) mass is 665 g/mol. The van der Waals surface area contributed by atoms with Crippen LogP contribution >= 0.6 is 0 Å². The number of amides is 1. The topological polar surface area (TPSA) is 166 Å². The van der Waals surface area contributed by atoms with Crippen LogP contribution < -0.4 is 0 Å². The van der Waals surface area contributed by atoms with Gasteiger partial charge >= 0.3 is 5.97 Å². The van der Waals surface area contributed by atoms with Crippen molar-refractivity contribution in [1.82, 2.24) is 4.90 Å². The molecule has 3 heterocycles. The standard InChI is InChI=1S/C35H55NO11/c1-9-24-12-13-36-26(17-24)34(42)46-30(23(6)37)22(5)27(39)18-25(38)11-10-19(2)14-20(3)15-28(44-7)31-29(45-8)16-21(4)35(43,47-31)32(40)33(36)41/h10,20-22,24,26-31,39,43H,9,11-18H2,1-8H3. The number of hydrogen-bond acceptors (Lipinski definition) is 11. The van der Waals surface area contributed by atoms with Crippen molar-refractivity contribution < 1.29 is 53.1 Å². The molecule has 0 aliphatic carbocycles. The zero-order valence-electron chi connectivity index (χ0n) is 29.2. The van der Waals surface area contributed by atoms with Gasteiger partial charge in [-0.25, -0.2) is 4.79 Å². The summed E-state index contributed by atoms with van der Waals surface area (Å²) in [4.78, 5) is 68.3. The number of methoxy groups -OCH3 is 2. The van der Waals surface area contributed by atoms with Crippen LogP contribution in [0.2, 0.25) is 0 Å². The van der Waals surface area contributed by atoms with Gasteiger partial charge in [0.1, 0.15) is 17.9 Å². The van der Waals surface area contributed by atoms with Crippen molar-refractivity contribution in [2.75, 3.05) is 20.8 Å². The molecule has 2 bridgehead atoms. The number of ketones is 3. The molecular weight excluding hydrogens is 610 g/mol. The second kappa shape index (κ2) is 16.7. The van der Waals surface area contributed by atoms with Crippen LogP contribution in [0.1, 0.15) is 92.9 Å². The molecule has 3 aliphatic rings. The lowest BCUT2D eigenvalue weighted by Crippen LogP contribution is -2.64. The Bertz CT molecular complexity index is 1190. The van der Waals surface area contributed by atoms with Gasteiger partial charge in [0.05, 0.1) is 18.3 Å². The van der Waals surface area contributed by atoms with E-state index in [0.717, 1.165) is 10.5 Å². The van der Waals surface area contributed by atoms with Crippen LogP contribution in [0.5, 0.6) is 0 Å². The highest BCUT2D eigenvalue weighted by atomic mass is 16.7. The van der Waals surface area contributed by atoms with E-state index in [1.54, 1.807) is 6.92 Å². The molecule has 0 aromatic carbocycles. The number of carbonyl (C=O) groups is 5. The number of hydrogen-bond donors (Lipinski definition) is 2. The molecule has 0 spiro atoms. The fraction of sp³-hybridized carbons (Fsp3) is 0.800. The van der Waals surface area contributed by atoms with E-state index in [1.165, 1.54) is 28.1 Å². The summed E-state index contributed by atoms with van der Waals surface area (Å²) in [5.74, 6) is -8.11. The van der Waals surface area contributed by atoms with Crippen molar-refractivity contribution in [3.8, 4) is 0 Å². The Morgan fingerprint density at radius 3 is 2.28 bits per heavy atom. The van der Waals surface area contributed by atoms with Crippen molar-refractivity contribution >= 4 is 29.2 Å². The van der Waals surface area contributed by atoms with Gasteiger partial charge in [-0.2, -0.15) is 0 Å². The fourth-order valence-corrected chi connectivity index (χ4v) is 7.26. The first-order chi connectivity index (χ1) is 22.1. The number of aliphatic hydroxyl groups is 2. The van der Waals surface area contributed by atoms with Crippen molar-refractivity contribution in [2.45, 2.75) is 135 Å². The van der Waals surface area contributed by atoms with Crippen LogP contribution in [0, 0.1) is 23.7 Å². The Hall–Kier alpha value is -2.51. The first-order valence-electron chi connectivity index (χ1n) is 16.9. The Kier molecular flexibility index (Phi) is 13.9. The summed E-state index contributed by atoms with van der Waals surface area (Å²) in [6.45, 7) is 10.3. The van der Waals surface area contributed by atoms with Gasteiger partial charge in [0.2, 0.25) is 5.79 Å². The lowest BCUT2D eigenvalue weighted by Gasteiger charge is -2.47. The lowest BCUT2D eigenvalue weighted by molar-refractivity contribution is -0.302. The first kappa shape index (κ1) is 38.9. The van der Waals surface area contributed by atoms with Crippen LogP contribution in [-0.4, -0.2) is 107 Å². The van der Waals surface area contributed by atoms with Gasteiger partial charge in [0, 0.05) is 45.4 Å². The maximum atomic E-state index is 14.0. The molecule has 1 amide bonds. The lowest BCUT2D eigenvalue weighted by atomic mass is 9.82.